The van der Waals surface area contributed by atoms with E-state index in [9.17, 15) is 0 Å². The Morgan fingerprint density at radius 3 is 1.12 bits per heavy atom. The van der Waals surface area contributed by atoms with Gasteiger partial charge in [-0.15, -0.1) is 0 Å². The molecule has 4 heteroatoms. The van der Waals surface area contributed by atoms with E-state index in [1.165, 1.54) is 228 Å². The molecule has 2 aromatic carbocycles. The first-order valence-corrected chi connectivity index (χ1v) is 27.3. The van der Waals surface area contributed by atoms with Crippen molar-refractivity contribution >= 4 is 50.5 Å². The van der Waals surface area contributed by atoms with Crippen LogP contribution in [0.5, 0.6) is 0 Å². The molecule has 0 amide bonds. The van der Waals surface area contributed by atoms with Gasteiger partial charge in [-0.3, -0.25) is 0 Å². The molecule has 0 aliphatic rings. The minimum Gasteiger partial charge on any atom is -0.179 e. The lowest BCUT2D eigenvalue weighted by atomic mass is 9.60. The Labute approximate surface area is 384 Å². The highest BCUT2D eigenvalue weighted by Gasteiger charge is 2.45. The van der Waals surface area contributed by atoms with E-state index in [4.69, 9.17) is 12.6 Å². The fourth-order valence-electron chi connectivity index (χ4n) is 9.48. The zero-order chi connectivity index (χ0) is 41.5. The smallest absolute Gasteiger partial charge is 0.0385 e. The van der Waals surface area contributed by atoms with E-state index in [2.05, 4.69) is 104 Å². The molecule has 0 aliphatic heterocycles. The van der Waals surface area contributed by atoms with E-state index < -0.39 is 0 Å². The average Bonchev–Trinajstić information content (AvgIpc) is 3.25. The minimum absolute atomic E-state index is 0.0821. The average molecular weight is 870 g/mol. The second-order valence-electron chi connectivity index (χ2n) is 17.8. The lowest BCUT2D eigenvalue weighted by Gasteiger charge is -2.46. The van der Waals surface area contributed by atoms with Gasteiger partial charge in [-0.2, -0.15) is 50.5 Å². The Balaban J connectivity index is 1.83. The molecule has 2 atom stereocenters. The summed E-state index contributed by atoms with van der Waals surface area (Å²) >= 11 is 18.8. The topological polar surface area (TPSA) is 0 Å². The van der Waals surface area contributed by atoms with Gasteiger partial charge in [0.2, 0.25) is 0 Å². The fraction of sp³-hybridized carbons (Fsp3) is 0.741. The van der Waals surface area contributed by atoms with Crippen LogP contribution in [0.4, 0.5) is 0 Å². The van der Waals surface area contributed by atoms with Crippen molar-refractivity contribution in [1.29, 1.82) is 0 Å². The van der Waals surface area contributed by atoms with Crippen molar-refractivity contribution in [3.05, 3.63) is 82.8 Å². The Kier molecular flexibility index (Phi) is 36.9. The maximum absolute atomic E-state index is 5.58. The van der Waals surface area contributed by atoms with Crippen molar-refractivity contribution in [2.45, 2.75) is 242 Å². The summed E-state index contributed by atoms with van der Waals surface area (Å²) in [6, 6.07) is 22.9. The first kappa shape index (κ1) is 54.0. The summed E-state index contributed by atoms with van der Waals surface area (Å²) in [7, 11) is 0. The highest BCUT2D eigenvalue weighted by Crippen LogP contribution is 2.54. The Morgan fingerprint density at radius 1 is 0.431 bits per heavy atom. The third kappa shape index (κ3) is 25.7. The predicted molar refractivity (Wildman–Crippen MR) is 277 cm³/mol. The Morgan fingerprint density at radius 2 is 0.759 bits per heavy atom. The van der Waals surface area contributed by atoms with Crippen LogP contribution in [0.2, 0.25) is 0 Å². The van der Waals surface area contributed by atoms with Crippen LogP contribution in [0.3, 0.4) is 0 Å². The third-order valence-electron chi connectivity index (χ3n) is 13.0. The van der Waals surface area contributed by atoms with Crippen molar-refractivity contribution in [2.75, 3.05) is 11.5 Å². The normalized spacial score (nSPS) is 13.3. The first-order chi connectivity index (χ1) is 28.7. The van der Waals surface area contributed by atoms with Gasteiger partial charge in [0.05, 0.1) is 0 Å². The molecule has 0 aromatic heterocycles. The number of hydrogen-bond donors (Lipinski definition) is 4. The van der Waals surface area contributed by atoms with Crippen molar-refractivity contribution in [3.8, 4) is 0 Å². The monoisotopic (exact) mass is 869 g/mol. The lowest BCUT2D eigenvalue weighted by molar-refractivity contribution is 0.316. The Bertz CT molecular complexity index is 1110. The molecule has 0 heterocycles. The van der Waals surface area contributed by atoms with Gasteiger partial charge in [-0.25, -0.2) is 0 Å². The van der Waals surface area contributed by atoms with E-state index >= 15 is 0 Å². The molecule has 0 spiro atoms. The van der Waals surface area contributed by atoms with E-state index in [0.29, 0.717) is 5.92 Å². The van der Waals surface area contributed by atoms with E-state index in [1.54, 1.807) is 0 Å². The number of unbranched alkanes of at least 4 members (excludes halogenated alkanes) is 30. The van der Waals surface area contributed by atoms with Gasteiger partial charge < -0.3 is 0 Å². The minimum atomic E-state index is -0.0821. The van der Waals surface area contributed by atoms with Crippen LogP contribution in [0.15, 0.2) is 60.7 Å². The highest BCUT2D eigenvalue weighted by molar-refractivity contribution is 7.83. The molecule has 0 saturated heterocycles. The SMILES string of the molecule is S[CH]CCC(c1ccccc1)C(CCCCCCCCCCCCCCCCCCS)([C](S)CCCCCCCCCCCCCCCCCCS)c1ccccc1. The molecule has 2 rings (SSSR count). The van der Waals surface area contributed by atoms with Crippen LogP contribution in [-0.4, -0.2) is 11.5 Å². The van der Waals surface area contributed by atoms with E-state index in [1.807, 2.05) is 0 Å². The van der Waals surface area contributed by atoms with E-state index in [0.717, 1.165) is 30.8 Å². The number of rotatable bonds is 43. The summed E-state index contributed by atoms with van der Waals surface area (Å²) in [6.45, 7) is 0. The van der Waals surface area contributed by atoms with Gasteiger partial charge in [0.1, 0.15) is 0 Å². The molecule has 0 saturated carbocycles. The summed E-state index contributed by atoms with van der Waals surface area (Å²) < 4.78 is 0. The van der Waals surface area contributed by atoms with Gasteiger partial charge in [0.15, 0.2) is 0 Å². The largest absolute Gasteiger partial charge is 0.179 e. The number of benzene rings is 2. The van der Waals surface area contributed by atoms with Gasteiger partial charge in [-0.1, -0.05) is 253 Å². The van der Waals surface area contributed by atoms with Gasteiger partial charge in [0, 0.05) is 16.4 Å². The molecule has 2 unspecified atom stereocenters. The lowest BCUT2D eigenvalue weighted by Crippen LogP contribution is -2.38. The molecule has 58 heavy (non-hydrogen) atoms. The second kappa shape index (κ2) is 39.7. The summed E-state index contributed by atoms with van der Waals surface area (Å²) in [6.07, 6.45) is 48.9. The summed E-state index contributed by atoms with van der Waals surface area (Å²) in [4.78, 5) is 0. The van der Waals surface area contributed by atoms with Gasteiger partial charge in [0.25, 0.3) is 0 Å². The molecule has 332 valence electrons. The molecule has 0 aliphatic carbocycles. The van der Waals surface area contributed by atoms with Crippen LogP contribution < -0.4 is 0 Å². The molecule has 2 aromatic rings. The Hall–Kier alpha value is -0.160. The zero-order valence-corrected chi connectivity index (χ0v) is 41.2. The molecular formula is C54H92S4. The van der Waals surface area contributed by atoms with Crippen LogP contribution in [0.1, 0.15) is 248 Å². The highest BCUT2D eigenvalue weighted by atomic mass is 32.1. The fourth-order valence-corrected chi connectivity index (χ4v) is 10.6. The number of thiol groups is 4. The molecule has 0 fully saturated rings. The second-order valence-corrected chi connectivity index (χ2v) is 19.6. The summed E-state index contributed by atoms with van der Waals surface area (Å²) in [5, 5.41) is 1.41. The van der Waals surface area contributed by atoms with Crippen molar-refractivity contribution in [2.24, 2.45) is 0 Å². The van der Waals surface area contributed by atoms with Gasteiger partial charge >= 0.3 is 0 Å². The van der Waals surface area contributed by atoms with Crippen LogP contribution in [0.25, 0.3) is 0 Å². The molecule has 0 N–H and O–H groups in total. The van der Waals surface area contributed by atoms with Gasteiger partial charge in [-0.05, 0) is 67.1 Å². The van der Waals surface area contributed by atoms with E-state index in [-0.39, 0.29) is 5.41 Å². The van der Waals surface area contributed by atoms with Crippen LogP contribution in [0, 0.1) is 11.0 Å². The van der Waals surface area contributed by atoms with Crippen LogP contribution >= 0.6 is 50.5 Å². The van der Waals surface area contributed by atoms with Crippen molar-refractivity contribution < 1.29 is 0 Å². The molecule has 2 radical (unpaired) electrons. The van der Waals surface area contributed by atoms with Crippen molar-refractivity contribution in [3.63, 3.8) is 0 Å². The first-order valence-electron chi connectivity index (χ1n) is 25.0. The summed E-state index contributed by atoms with van der Waals surface area (Å²) in [5.74, 6) is 4.56. The standard InChI is InChI=1S/C54H92S4/c55-47-37-27-23-19-15-11-7-3-1-5-9-13-17-21-25-35-45-53(58)54(51-42-33-30-34-43-51,52(44-39-49-57)50-40-31-29-32-41-50)46-36-26-22-18-14-10-6-2-4-8-12-16-20-24-28-38-48-56/h29-34,40-43,49,52,55-58H,1-28,35-39,44-48H2. The third-order valence-corrected chi connectivity index (χ3v) is 14.5. The molecular weight excluding hydrogens is 777 g/mol. The number of hydrogen-bond acceptors (Lipinski definition) is 4. The maximum Gasteiger partial charge on any atom is 0.0385 e. The van der Waals surface area contributed by atoms with Crippen molar-refractivity contribution in [1.82, 2.24) is 0 Å². The molecule has 0 nitrogen and oxygen atoms in total. The van der Waals surface area contributed by atoms with Crippen LogP contribution in [-0.2, 0) is 5.41 Å². The predicted octanol–water partition coefficient (Wildman–Crippen LogP) is 19.2. The summed E-state index contributed by atoms with van der Waals surface area (Å²) in [5.41, 5.74) is 2.84. The molecule has 0 bridgehead atoms. The maximum atomic E-state index is 5.58. The quantitative estimate of drug-likeness (QED) is 0.0370. The zero-order valence-electron chi connectivity index (χ0n) is 37.6.